The molecule has 1 N–H and O–H groups in total. The highest BCUT2D eigenvalue weighted by molar-refractivity contribution is 7.92. The van der Waals surface area contributed by atoms with Crippen molar-refractivity contribution >= 4 is 21.6 Å². The normalized spacial score (nSPS) is 21.4. The fourth-order valence-electron chi connectivity index (χ4n) is 3.68. The highest BCUT2D eigenvalue weighted by Gasteiger charge is 2.35. The van der Waals surface area contributed by atoms with Gasteiger partial charge in [-0.25, -0.2) is 8.42 Å². The molecule has 0 aliphatic carbocycles. The molecule has 2 heterocycles. The Kier molecular flexibility index (Phi) is 5.95. The van der Waals surface area contributed by atoms with Gasteiger partial charge in [-0.15, -0.1) is 0 Å². The van der Waals surface area contributed by atoms with Crippen molar-refractivity contribution < 1.29 is 17.9 Å². The minimum atomic E-state index is -3.50. The van der Waals surface area contributed by atoms with E-state index in [1.807, 2.05) is 13.0 Å². The Morgan fingerprint density at radius 1 is 1.30 bits per heavy atom. The zero-order valence-corrected chi connectivity index (χ0v) is 17.1. The van der Waals surface area contributed by atoms with Crippen molar-refractivity contribution in [2.24, 2.45) is 5.92 Å². The Labute approximate surface area is 161 Å². The zero-order chi connectivity index (χ0) is 19.6. The van der Waals surface area contributed by atoms with Crippen LogP contribution in [0.3, 0.4) is 0 Å². The molecule has 0 saturated carbocycles. The molecule has 1 saturated heterocycles. The summed E-state index contributed by atoms with van der Waals surface area (Å²) >= 11 is 0. The van der Waals surface area contributed by atoms with E-state index >= 15 is 0 Å². The number of carbonyl (C=O) groups is 1. The number of nitrogens with one attached hydrogen (secondary N) is 1. The SMILES string of the molecule is Cc1ccc2c(c1)N(S(C)(=O)=O)C[C@H](C(=O)NCCC1CCN(C)CC1)O2. The highest BCUT2D eigenvalue weighted by Crippen LogP contribution is 2.35. The molecule has 0 bridgehead atoms. The minimum absolute atomic E-state index is 0.00462. The lowest BCUT2D eigenvalue weighted by atomic mass is 9.94. The summed E-state index contributed by atoms with van der Waals surface area (Å²) < 4.78 is 31.5. The number of sulfonamides is 1. The van der Waals surface area contributed by atoms with Crippen LogP contribution in [0, 0.1) is 12.8 Å². The molecule has 0 unspecified atom stereocenters. The number of carbonyl (C=O) groups excluding carboxylic acids is 1. The minimum Gasteiger partial charge on any atom is -0.476 e. The first kappa shape index (κ1) is 19.9. The van der Waals surface area contributed by atoms with E-state index in [1.54, 1.807) is 12.1 Å². The molecular weight excluding hydrogens is 366 g/mol. The van der Waals surface area contributed by atoms with Crippen LogP contribution in [0.15, 0.2) is 18.2 Å². The lowest BCUT2D eigenvalue weighted by Crippen LogP contribution is -2.50. The van der Waals surface area contributed by atoms with Crippen LogP contribution < -0.4 is 14.4 Å². The number of hydrogen-bond donors (Lipinski definition) is 1. The van der Waals surface area contributed by atoms with Gasteiger partial charge in [0.05, 0.1) is 18.5 Å². The standard InChI is InChI=1S/C19H29N3O4S/c1-14-4-5-17-16(12-14)22(27(3,24)25)13-18(26-17)19(23)20-9-6-15-7-10-21(2)11-8-15/h4-5,12,15,18H,6-11,13H2,1-3H3,(H,20,23)/t18-/m1/s1. The molecule has 0 radical (unpaired) electrons. The van der Waals surface area contributed by atoms with Gasteiger partial charge in [-0.05, 0) is 69.9 Å². The third kappa shape index (κ3) is 4.93. The van der Waals surface area contributed by atoms with Crippen molar-refractivity contribution in [3.05, 3.63) is 23.8 Å². The number of fused-ring (bicyclic) bond motifs is 1. The summed E-state index contributed by atoms with van der Waals surface area (Å²) in [5.74, 6) is 0.792. The number of aryl methyl sites for hydroxylation is 1. The molecule has 0 aromatic heterocycles. The molecule has 1 amide bonds. The van der Waals surface area contributed by atoms with Gasteiger partial charge in [0.15, 0.2) is 6.10 Å². The highest BCUT2D eigenvalue weighted by atomic mass is 32.2. The van der Waals surface area contributed by atoms with Gasteiger partial charge in [0.1, 0.15) is 5.75 Å². The number of piperidine rings is 1. The molecule has 2 aliphatic rings. The van der Waals surface area contributed by atoms with Crippen molar-refractivity contribution in [1.82, 2.24) is 10.2 Å². The molecule has 7 nitrogen and oxygen atoms in total. The number of rotatable bonds is 5. The average Bonchev–Trinajstić information content (AvgIpc) is 2.61. The van der Waals surface area contributed by atoms with Gasteiger partial charge in [-0.3, -0.25) is 9.10 Å². The molecule has 150 valence electrons. The first-order chi connectivity index (χ1) is 12.7. The molecular formula is C19H29N3O4S. The second kappa shape index (κ2) is 8.06. The van der Waals surface area contributed by atoms with E-state index in [0.717, 1.165) is 44.2 Å². The van der Waals surface area contributed by atoms with Crippen molar-refractivity contribution in [3.8, 4) is 5.75 Å². The summed E-state index contributed by atoms with van der Waals surface area (Å²) in [4.78, 5) is 14.9. The monoisotopic (exact) mass is 395 g/mol. The zero-order valence-electron chi connectivity index (χ0n) is 16.3. The number of nitrogens with zero attached hydrogens (tertiary/aromatic N) is 2. The van der Waals surface area contributed by atoms with Crippen LogP contribution >= 0.6 is 0 Å². The summed E-state index contributed by atoms with van der Waals surface area (Å²) in [5.41, 5.74) is 1.43. The predicted molar refractivity (Wildman–Crippen MR) is 106 cm³/mol. The number of amides is 1. The maximum atomic E-state index is 12.6. The van der Waals surface area contributed by atoms with E-state index in [0.29, 0.717) is 23.9 Å². The average molecular weight is 396 g/mol. The van der Waals surface area contributed by atoms with Gasteiger partial charge in [-0.2, -0.15) is 0 Å². The molecule has 1 aromatic rings. The van der Waals surface area contributed by atoms with Gasteiger partial charge >= 0.3 is 0 Å². The first-order valence-electron chi connectivity index (χ1n) is 9.45. The maximum Gasteiger partial charge on any atom is 0.263 e. The Morgan fingerprint density at radius 3 is 2.67 bits per heavy atom. The topological polar surface area (TPSA) is 79.0 Å². The summed E-state index contributed by atoms with van der Waals surface area (Å²) in [6, 6.07) is 5.34. The van der Waals surface area contributed by atoms with Crippen LogP contribution in [0.1, 0.15) is 24.8 Å². The fourth-order valence-corrected chi connectivity index (χ4v) is 4.58. The van der Waals surface area contributed by atoms with Crippen LogP contribution in [0.4, 0.5) is 5.69 Å². The second-order valence-corrected chi connectivity index (χ2v) is 9.60. The van der Waals surface area contributed by atoms with Gasteiger partial charge in [0.2, 0.25) is 10.0 Å². The quantitative estimate of drug-likeness (QED) is 0.815. The van der Waals surface area contributed by atoms with Crippen LogP contribution in [-0.2, 0) is 14.8 Å². The fraction of sp³-hybridized carbons (Fsp3) is 0.632. The van der Waals surface area contributed by atoms with E-state index in [9.17, 15) is 13.2 Å². The summed E-state index contributed by atoms with van der Waals surface area (Å²) in [6.07, 6.45) is 3.56. The third-order valence-corrected chi connectivity index (χ3v) is 6.51. The van der Waals surface area contributed by atoms with Crippen LogP contribution in [0.5, 0.6) is 5.75 Å². The molecule has 27 heavy (non-hydrogen) atoms. The molecule has 0 spiro atoms. The van der Waals surface area contributed by atoms with E-state index in [1.165, 1.54) is 4.31 Å². The number of anilines is 1. The molecule has 1 atom stereocenters. The number of likely N-dealkylation sites (tertiary alicyclic amines) is 1. The Bertz CT molecular complexity index is 788. The molecule has 8 heteroatoms. The maximum absolute atomic E-state index is 12.6. The van der Waals surface area contributed by atoms with Gasteiger partial charge in [-0.1, -0.05) is 6.07 Å². The summed E-state index contributed by atoms with van der Waals surface area (Å²) in [7, 11) is -1.37. The molecule has 1 aromatic carbocycles. The lowest BCUT2D eigenvalue weighted by molar-refractivity contribution is -0.127. The van der Waals surface area contributed by atoms with E-state index in [4.69, 9.17) is 4.74 Å². The van der Waals surface area contributed by atoms with Crippen LogP contribution in [-0.4, -0.2) is 64.8 Å². The summed E-state index contributed by atoms with van der Waals surface area (Å²) in [5, 5.41) is 2.93. The van der Waals surface area contributed by atoms with E-state index < -0.39 is 16.1 Å². The Morgan fingerprint density at radius 2 is 2.00 bits per heavy atom. The van der Waals surface area contributed by atoms with Crippen molar-refractivity contribution in [1.29, 1.82) is 0 Å². The number of hydrogen-bond acceptors (Lipinski definition) is 5. The van der Waals surface area contributed by atoms with Crippen molar-refractivity contribution in [2.45, 2.75) is 32.3 Å². The largest absolute Gasteiger partial charge is 0.476 e. The molecule has 2 aliphatic heterocycles. The lowest BCUT2D eigenvalue weighted by Gasteiger charge is -2.34. The summed E-state index contributed by atoms with van der Waals surface area (Å²) in [6.45, 7) is 4.68. The van der Waals surface area contributed by atoms with Gasteiger partial charge < -0.3 is 15.0 Å². The molecule has 3 rings (SSSR count). The number of benzene rings is 1. The molecule has 1 fully saturated rings. The number of ether oxygens (including phenoxy) is 1. The van der Waals surface area contributed by atoms with Crippen molar-refractivity contribution in [2.75, 3.05) is 43.8 Å². The van der Waals surface area contributed by atoms with E-state index in [2.05, 4.69) is 17.3 Å². The van der Waals surface area contributed by atoms with Crippen LogP contribution in [0.2, 0.25) is 0 Å². The Balaban J connectivity index is 1.61. The second-order valence-electron chi connectivity index (χ2n) is 7.70. The van der Waals surface area contributed by atoms with Gasteiger partial charge in [0, 0.05) is 6.54 Å². The third-order valence-electron chi connectivity index (χ3n) is 5.37. The predicted octanol–water partition coefficient (Wildman–Crippen LogP) is 1.37. The van der Waals surface area contributed by atoms with Crippen LogP contribution in [0.25, 0.3) is 0 Å². The van der Waals surface area contributed by atoms with E-state index in [-0.39, 0.29) is 12.5 Å². The first-order valence-corrected chi connectivity index (χ1v) is 11.3. The van der Waals surface area contributed by atoms with Crippen molar-refractivity contribution in [3.63, 3.8) is 0 Å². The van der Waals surface area contributed by atoms with Gasteiger partial charge in [0.25, 0.3) is 5.91 Å². The smallest absolute Gasteiger partial charge is 0.263 e. The Hall–Kier alpha value is -1.80.